The second-order valence-corrected chi connectivity index (χ2v) is 8.11. The fraction of sp³-hybridized carbons (Fsp3) is 0.318. The highest BCUT2D eigenvalue weighted by Gasteiger charge is 2.51. The van der Waals surface area contributed by atoms with E-state index in [0.717, 1.165) is 24.0 Å². The van der Waals surface area contributed by atoms with Crippen LogP contribution in [0.3, 0.4) is 0 Å². The van der Waals surface area contributed by atoms with Gasteiger partial charge in [-0.15, -0.1) is 0 Å². The van der Waals surface area contributed by atoms with Crippen LogP contribution in [0.15, 0.2) is 48.2 Å². The number of benzene rings is 2. The molecule has 4 rings (SSSR count). The zero-order valence-electron chi connectivity index (χ0n) is 15.4. The van der Waals surface area contributed by atoms with Gasteiger partial charge in [0.25, 0.3) is 0 Å². The van der Waals surface area contributed by atoms with Gasteiger partial charge in [0, 0.05) is 29.1 Å². The molecule has 1 aliphatic carbocycles. The molecule has 0 amide bonds. The molecule has 2 unspecified atom stereocenters. The first-order valence-electron chi connectivity index (χ1n) is 9.19. The summed E-state index contributed by atoms with van der Waals surface area (Å²) in [7, 11) is 1.63. The number of carbonyl (C=O) groups excluding carboxylic acids is 1. The van der Waals surface area contributed by atoms with Gasteiger partial charge in [0.05, 0.1) is 6.10 Å². The van der Waals surface area contributed by atoms with Crippen molar-refractivity contribution >= 4 is 34.7 Å². The van der Waals surface area contributed by atoms with Gasteiger partial charge in [-0.05, 0) is 54.7 Å². The standard InChI is InChI=1S/C22H20Cl2O4/c1-27-16-3-2-10-22(12-16)20(25)19(21(26)28-22)17-11-14(6-9-18(17)24)13-4-7-15(23)8-5-13/h4-9,11,16,25H,2-3,10,12H2,1H3. The first kappa shape index (κ1) is 19.3. The largest absolute Gasteiger partial charge is 0.507 e. The molecule has 1 saturated carbocycles. The summed E-state index contributed by atoms with van der Waals surface area (Å²) in [6, 6.07) is 12.8. The summed E-state index contributed by atoms with van der Waals surface area (Å²) in [6.45, 7) is 0. The molecule has 1 aliphatic heterocycles. The molecular formula is C22H20Cl2O4. The van der Waals surface area contributed by atoms with Crippen molar-refractivity contribution in [2.45, 2.75) is 37.4 Å². The van der Waals surface area contributed by atoms with E-state index in [0.29, 0.717) is 28.5 Å². The third-order valence-electron chi connectivity index (χ3n) is 5.57. The van der Waals surface area contributed by atoms with Gasteiger partial charge in [0.1, 0.15) is 5.57 Å². The second kappa shape index (κ2) is 7.43. The minimum Gasteiger partial charge on any atom is -0.507 e. The molecule has 2 aromatic carbocycles. The molecule has 2 atom stereocenters. The third kappa shape index (κ3) is 3.30. The van der Waals surface area contributed by atoms with Crippen LogP contribution < -0.4 is 0 Å². The van der Waals surface area contributed by atoms with Crippen molar-refractivity contribution in [2.24, 2.45) is 0 Å². The fourth-order valence-corrected chi connectivity index (χ4v) is 4.41. The average Bonchev–Trinajstić information content (AvgIpc) is 2.92. The van der Waals surface area contributed by atoms with Gasteiger partial charge >= 0.3 is 5.97 Å². The van der Waals surface area contributed by atoms with Crippen LogP contribution in [0, 0.1) is 0 Å². The fourth-order valence-electron chi connectivity index (χ4n) is 4.07. The number of rotatable bonds is 3. The van der Waals surface area contributed by atoms with Crippen LogP contribution in [0.2, 0.25) is 10.0 Å². The minimum atomic E-state index is -1.02. The zero-order valence-corrected chi connectivity index (χ0v) is 16.9. The lowest BCUT2D eigenvalue weighted by atomic mass is 9.81. The molecule has 146 valence electrons. The van der Waals surface area contributed by atoms with E-state index in [4.69, 9.17) is 32.7 Å². The van der Waals surface area contributed by atoms with Gasteiger partial charge in [-0.25, -0.2) is 4.79 Å². The monoisotopic (exact) mass is 418 g/mol. The Morgan fingerprint density at radius 1 is 1.14 bits per heavy atom. The molecule has 0 radical (unpaired) electrons. The molecule has 0 bridgehead atoms. The van der Waals surface area contributed by atoms with Crippen LogP contribution in [0.1, 0.15) is 31.2 Å². The highest BCUT2D eigenvalue weighted by atomic mass is 35.5. The quantitative estimate of drug-likeness (QED) is 0.638. The van der Waals surface area contributed by atoms with Crippen molar-refractivity contribution in [3.63, 3.8) is 0 Å². The summed E-state index contributed by atoms with van der Waals surface area (Å²) >= 11 is 12.4. The SMILES string of the molecule is COC1CCCC2(C1)OC(=O)C(c1cc(-c3ccc(Cl)cc3)ccc1Cl)=C2O. The molecular weight excluding hydrogens is 399 g/mol. The molecule has 2 aromatic rings. The number of esters is 1. The Bertz CT molecular complexity index is 952. The number of methoxy groups -OCH3 is 1. The maximum atomic E-state index is 12.7. The molecule has 28 heavy (non-hydrogen) atoms. The van der Waals surface area contributed by atoms with Gasteiger partial charge in [0.2, 0.25) is 0 Å². The molecule has 1 N–H and O–H groups in total. The van der Waals surface area contributed by atoms with Crippen molar-refractivity contribution < 1.29 is 19.4 Å². The Balaban J connectivity index is 1.78. The summed E-state index contributed by atoms with van der Waals surface area (Å²) in [5.41, 5.74) is 1.38. The molecule has 0 saturated heterocycles. The lowest BCUT2D eigenvalue weighted by molar-refractivity contribution is -0.153. The van der Waals surface area contributed by atoms with Crippen LogP contribution in [0.25, 0.3) is 16.7 Å². The Kier molecular flexibility index (Phi) is 5.13. The molecule has 1 heterocycles. The number of ether oxygens (including phenoxy) is 2. The van der Waals surface area contributed by atoms with E-state index in [1.165, 1.54) is 0 Å². The summed E-state index contributed by atoms with van der Waals surface area (Å²) in [5, 5.41) is 12.1. The van der Waals surface area contributed by atoms with E-state index in [-0.39, 0.29) is 17.4 Å². The van der Waals surface area contributed by atoms with E-state index >= 15 is 0 Å². The lowest BCUT2D eigenvalue weighted by Crippen LogP contribution is -2.40. The van der Waals surface area contributed by atoms with Crippen LogP contribution >= 0.6 is 23.2 Å². The predicted octanol–water partition coefficient (Wildman–Crippen LogP) is 5.81. The lowest BCUT2D eigenvalue weighted by Gasteiger charge is -2.35. The number of hydrogen-bond acceptors (Lipinski definition) is 4. The second-order valence-electron chi connectivity index (χ2n) is 7.26. The van der Waals surface area contributed by atoms with Crippen molar-refractivity contribution in [2.75, 3.05) is 7.11 Å². The van der Waals surface area contributed by atoms with E-state index in [2.05, 4.69) is 0 Å². The van der Waals surface area contributed by atoms with E-state index < -0.39 is 11.6 Å². The van der Waals surface area contributed by atoms with Crippen LogP contribution in [-0.2, 0) is 14.3 Å². The van der Waals surface area contributed by atoms with Gasteiger partial charge < -0.3 is 14.6 Å². The summed E-state index contributed by atoms with van der Waals surface area (Å²) in [6.07, 6.45) is 2.65. The summed E-state index contributed by atoms with van der Waals surface area (Å²) in [5.74, 6) is -0.598. The Hall–Kier alpha value is -2.01. The predicted molar refractivity (Wildman–Crippen MR) is 110 cm³/mol. The van der Waals surface area contributed by atoms with E-state index in [9.17, 15) is 9.90 Å². The Labute approximate surface area is 173 Å². The Morgan fingerprint density at radius 2 is 1.86 bits per heavy atom. The topological polar surface area (TPSA) is 55.8 Å². The normalized spacial score (nSPS) is 24.7. The first-order chi connectivity index (χ1) is 13.4. The first-order valence-corrected chi connectivity index (χ1v) is 9.95. The van der Waals surface area contributed by atoms with Crippen molar-refractivity contribution in [3.8, 4) is 11.1 Å². The van der Waals surface area contributed by atoms with Gasteiger partial charge in [-0.1, -0.05) is 41.4 Å². The minimum absolute atomic E-state index is 0.0468. The highest BCUT2D eigenvalue weighted by molar-refractivity contribution is 6.35. The number of aliphatic hydroxyl groups excluding tert-OH is 1. The highest BCUT2D eigenvalue weighted by Crippen LogP contribution is 2.47. The average molecular weight is 419 g/mol. The van der Waals surface area contributed by atoms with Crippen LogP contribution in [-0.4, -0.2) is 29.9 Å². The number of aliphatic hydroxyl groups is 1. The maximum absolute atomic E-state index is 12.7. The van der Waals surface area contributed by atoms with Crippen LogP contribution in [0.4, 0.5) is 0 Å². The molecule has 2 aliphatic rings. The van der Waals surface area contributed by atoms with Crippen molar-refractivity contribution in [1.82, 2.24) is 0 Å². The maximum Gasteiger partial charge on any atom is 0.343 e. The van der Waals surface area contributed by atoms with Gasteiger partial charge in [0.15, 0.2) is 11.4 Å². The number of halogens is 2. The van der Waals surface area contributed by atoms with Crippen LogP contribution in [0.5, 0.6) is 0 Å². The summed E-state index contributed by atoms with van der Waals surface area (Å²) in [4.78, 5) is 12.7. The number of carbonyl (C=O) groups is 1. The molecule has 4 nitrogen and oxygen atoms in total. The van der Waals surface area contributed by atoms with E-state index in [1.54, 1.807) is 31.4 Å². The van der Waals surface area contributed by atoms with Gasteiger partial charge in [-0.2, -0.15) is 0 Å². The molecule has 6 heteroatoms. The van der Waals surface area contributed by atoms with Crippen molar-refractivity contribution in [1.29, 1.82) is 0 Å². The zero-order chi connectivity index (χ0) is 19.9. The summed E-state index contributed by atoms with van der Waals surface area (Å²) < 4.78 is 11.1. The van der Waals surface area contributed by atoms with Crippen molar-refractivity contribution in [3.05, 3.63) is 63.8 Å². The Morgan fingerprint density at radius 3 is 2.57 bits per heavy atom. The smallest absolute Gasteiger partial charge is 0.343 e. The third-order valence-corrected chi connectivity index (χ3v) is 6.15. The number of hydrogen-bond donors (Lipinski definition) is 1. The van der Waals surface area contributed by atoms with E-state index in [1.807, 2.05) is 18.2 Å². The molecule has 1 fully saturated rings. The molecule has 1 spiro atoms. The van der Waals surface area contributed by atoms with Gasteiger partial charge in [-0.3, -0.25) is 0 Å². The molecule has 0 aromatic heterocycles.